The van der Waals surface area contributed by atoms with Crippen LogP contribution in [0.25, 0.3) is 0 Å². The van der Waals surface area contributed by atoms with E-state index in [4.69, 9.17) is 11.6 Å². The molecule has 2 aromatic rings. The third-order valence-corrected chi connectivity index (χ3v) is 3.46. The number of carbonyl (C=O) groups is 2. The lowest BCUT2D eigenvalue weighted by Crippen LogP contribution is -2.32. The van der Waals surface area contributed by atoms with Gasteiger partial charge in [0.1, 0.15) is 11.9 Å². The number of benzene rings is 2. The van der Waals surface area contributed by atoms with Crippen LogP contribution < -0.4 is 16.0 Å². The van der Waals surface area contributed by atoms with Crippen molar-refractivity contribution in [3.8, 4) is 0 Å². The van der Waals surface area contributed by atoms with E-state index in [0.717, 1.165) is 6.07 Å². The van der Waals surface area contributed by atoms with Crippen molar-refractivity contribution in [1.29, 1.82) is 0 Å². The summed E-state index contributed by atoms with van der Waals surface area (Å²) in [5.41, 5.74) is 1.64. The topological polar surface area (TPSA) is 70.2 Å². The lowest BCUT2D eigenvalue weighted by Gasteiger charge is -2.16. The lowest BCUT2D eigenvalue weighted by molar-refractivity contribution is -0.116. The van der Waals surface area contributed by atoms with E-state index in [9.17, 15) is 14.0 Å². The molecule has 0 aromatic heterocycles. The Morgan fingerprint density at radius 2 is 1.79 bits per heavy atom. The van der Waals surface area contributed by atoms with Crippen molar-refractivity contribution in [2.75, 3.05) is 16.0 Å². The fraction of sp³-hybridized carbons (Fsp3) is 0.176. The Bertz CT molecular complexity index is 767. The largest absolute Gasteiger partial charge is 0.374 e. The highest BCUT2D eigenvalue weighted by atomic mass is 35.5. The van der Waals surface area contributed by atoms with Crippen molar-refractivity contribution >= 4 is 40.5 Å². The van der Waals surface area contributed by atoms with Crippen LogP contribution in [0.2, 0.25) is 5.02 Å². The zero-order chi connectivity index (χ0) is 17.7. The predicted octanol–water partition coefficient (Wildman–Crippen LogP) is 3.88. The monoisotopic (exact) mass is 349 g/mol. The first-order chi connectivity index (χ1) is 11.3. The standard InChI is InChI=1S/C17H17ClFN3O2/c1-10(17(24)22-16-7-6-12(19)8-15(16)18)20-13-4-3-5-14(9-13)21-11(2)23/h3-10,20H,1-2H3,(H,21,23)(H,22,24)/t10-/m1/s1. The summed E-state index contributed by atoms with van der Waals surface area (Å²) in [6, 6.07) is 10.2. The number of nitrogens with one attached hydrogen (secondary N) is 3. The molecule has 0 aliphatic rings. The molecule has 2 aromatic carbocycles. The van der Waals surface area contributed by atoms with Gasteiger partial charge in [-0.25, -0.2) is 4.39 Å². The van der Waals surface area contributed by atoms with E-state index >= 15 is 0 Å². The molecule has 0 saturated carbocycles. The summed E-state index contributed by atoms with van der Waals surface area (Å²) in [5, 5.41) is 8.46. The Morgan fingerprint density at radius 3 is 2.46 bits per heavy atom. The van der Waals surface area contributed by atoms with E-state index in [1.54, 1.807) is 31.2 Å². The van der Waals surface area contributed by atoms with Crippen molar-refractivity contribution in [3.63, 3.8) is 0 Å². The van der Waals surface area contributed by atoms with Crippen molar-refractivity contribution in [3.05, 3.63) is 53.3 Å². The average molecular weight is 350 g/mol. The van der Waals surface area contributed by atoms with Gasteiger partial charge in [0.25, 0.3) is 0 Å². The molecule has 0 radical (unpaired) electrons. The molecule has 0 saturated heterocycles. The molecule has 2 amide bonds. The molecule has 0 heterocycles. The number of halogens is 2. The van der Waals surface area contributed by atoms with Crippen molar-refractivity contribution in [2.24, 2.45) is 0 Å². The van der Waals surface area contributed by atoms with Gasteiger partial charge in [-0.15, -0.1) is 0 Å². The van der Waals surface area contributed by atoms with Crippen molar-refractivity contribution in [1.82, 2.24) is 0 Å². The predicted molar refractivity (Wildman–Crippen MR) is 93.9 cm³/mol. The molecule has 126 valence electrons. The second kappa shape index (κ2) is 7.79. The highest BCUT2D eigenvalue weighted by Gasteiger charge is 2.14. The van der Waals surface area contributed by atoms with Crippen LogP contribution in [0.5, 0.6) is 0 Å². The van der Waals surface area contributed by atoms with Crippen LogP contribution in [-0.4, -0.2) is 17.9 Å². The van der Waals surface area contributed by atoms with Crippen molar-refractivity contribution in [2.45, 2.75) is 19.9 Å². The van der Waals surface area contributed by atoms with Gasteiger partial charge < -0.3 is 16.0 Å². The van der Waals surface area contributed by atoms with Crippen LogP contribution in [-0.2, 0) is 9.59 Å². The molecule has 0 spiro atoms. The minimum Gasteiger partial charge on any atom is -0.374 e. The van der Waals surface area contributed by atoms with Crippen LogP contribution in [0, 0.1) is 5.82 Å². The Kier molecular flexibility index (Phi) is 5.76. The summed E-state index contributed by atoms with van der Waals surface area (Å²) < 4.78 is 13.0. The molecule has 0 bridgehead atoms. The van der Waals surface area contributed by atoms with Crippen molar-refractivity contribution < 1.29 is 14.0 Å². The maximum absolute atomic E-state index is 13.0. The lowest BCUT2D eigenvalue weighted by atomic mass is 10.2. The molecule has 0 unspecified atom stereocenters. The summed E-state index contributed by atoms with van der Waals surface area (Å²) in [6.45, 7) is 3.10. The van der Waals surface area contributed by atoms with E-state index in [1.165, 1.54) is 19.1 Å². The summed E-state index contributed by atoms with van der Waals surface area (Å²) in [6.07, 6.45) is 0. The fourth-order valence-electron chi connectivity index (χ4n) is 2.04. The number of anilines is 3. The summed E-state index contributed by atoms with van der Waals surface area (Å²) in [7, 11) is 0. The number of rotatable bonds is 5. The van der Waals surface area contributed by atoms with E-state index in [1.807, 2.05) is 0 Å². The van der Waals surface area contributed by atoms with Gasteiger partial charge in [0.15, 0.2) is 0 Å². The Morgan fingerprint density at radius 1 is 1.08 bits per heavy atom. The molecule has 0 aliphatic carbocycles. The average Bonchev–Trinajstić information content (AvgIpc) is 2.49. The maximum atomic E-state index is 13.0. The molecular formula is C17H17ClFN3O2. The molecular weight excluding hydrogens is 333 g/mol. The third-order valence-electron chi connectivity index (χ3n) is 3.15. The minimum atomic E-state index is -0.571. The van der Waals surface area contributed by atoms with E-state index in [2.05, 4.69) is 16.0 Å². The van der Waals surface area contributed by atoms with Gasteiger partial charge in [-0.2, -0.15) is 0 Å². The van der Waals surface area contributed by atoms with Crippen LogP contribution in [0.4, 0.5) is 21.5 Å². The Hall–Kier alpha value is -2.60. The highest BCUT2D eigenvalue weighted by molar-refractivity contribution is 6.33. The Labute approximate surface area is 144 Å². The smallest absolute Gasteiger partial charge is 0.246 e. The second-order valence-electron chi connectivity index (χ2n) is 5.24. The van der Waals surface area contributed by atoms with Crippen LogP contribution in [0.1, 0.15) is 13.8 Å². The van der Waals surface area contributed by atoms with Gasteiger partial charge in [0, 0.05) is 18.3 Å². The molecule has 24 heavy (non-hydrogen) atoms. The fourth-order valence-corrected chi connectivity index (χ4v) is 2.25. The van der Waals surface area contributed by atoms with Gasteiger partial charge in [-0.1, -0.05) is 17.7 Å². The van der Waals surface area contributed by atoms with E-state index in [0.29, 0.717) is 17.1 Å². The quantitative estimate of drug-likeness (QED) is 0.767. The molecule has 5 nitrogen and oxygen atoms in total. The van der Waals surface area contributed by atoms with E-state index in [-0.39, 0.29) is 16.8 Å². The first-order valence-electron chi connectivity index (χ1n) is 7.25. The molecule has 1 atom stereocenters. The SMILES string of the molecule is CC(=O)Nc1cccc(N[C@H](C)C(=O)Nc2ccc(F)cc2Cl)c1. The molecule has 7 heteroatoms. The van der Waals surface area contributed by atoms with Crippen LogP contribution in [0.15, 0.2) is 42.5 Å². The second-order valence-corrected chi connectivity index (χ2v) is 5.65. The van der Waals surface area contributed by atoms with Gasteiger partial charge >= 0.3 is 0 Å². The van der Waals surface area contributed by atoms with E-state index < -0.39 is 11.9 Å². The highest BCUT2D eigenvalue weighted by Crippen LogP contribution is 2.23. The third kappa shape index (κ3) is 4.96. The molecule has 3 N–H and O–H groups in total. The zero-order valence-corrected chi connectivity index (χ0v) is 13.9. The summed E-state index contributed by atoms with van der Waals surface area (Å²) >= 11 is 5.89. The number of carbonyl (C=O) groups excluding carboxylic acids is 2. The number of hydrogen-bond acceptors (Lipinski definition) is 3. The Balaban J connectivity index is 2.02. The normalized spacial score (nSPS) is 11.5. The zero-order valence-electron chi connectivity index (χ0n) is 13.2. The van der Waals surface area contributed by atoms with Gasteiger partial charge in [-0.3, -0.25) is 9.59 Å². The van der Waals surface area contributed by atoms with Gasteiger partial charge in [0.2, 0.25) is 11.8 Å². The molecule has 0 aliphatic heterocycles. The first-order valence-corrected chi connectivity index (χ1v) is 7.63. The number of hydrogen-bond donors (Lipinski definition) is 3. The summed E-state index contributed by atoms with van der Waals surface area (Å²) in [4.78, 5) is 23.3. The van der Waals surface area contributed by atoms with Crippen LogP contribution in [0.3, 0.4) is 0 Å². The van der Waals surface area contributed by atoms with Gasteiger partial charge in [-0.05, 0) is 43.3 Å². The van der Waals surface area contributed by atoms with Crippen LogP contribution >= 0.6 is 11.6 Å². The summed E-state index contributed by atoms with van der Waals surface area (Å²) in [5.74, 6) is -0.976. The minimum absolute atomic E-state index is 0.128. The maximum Gasteiger partial charge on any atom is 0.246 e. The van der Waals surface area contributed by atoms with Gasteiger partial charge in [0.05, 0.1) is 10.7 Å². The number of amides is 2. The first kappa shape index (κ1) is 17.7. The molecule has 0 fully saturated rings. The molecule has 2 rings (SSSR count).